The van der Waals surface area contributed by atoms with Crippen LogP contribution in [0.5, 0.6) is 0 Å². The van der Waals surface area contributed by atoms with Crippen molar-refractivity contribution in [3.63, 3.8) is 0 Å². The maximum absolute atomic E-state index is 11.7. The van der Waals surface area contributed by atoms with Crippen LogP contribution in [0.4, 0.5) is 5.00 Å². The molecule has 1 aliphatic heterocycles. The van der Waals surface area contributed by atoms with Crippen LogP contribution in [0.1, 0.15) is 35.4 Å². The largest absolute Gasteiger partial charge is 0.465 e. The molecule has 104 valence electrons. The minimum absolute atomic E-state index is 0.0474. The molecule has 19 heavy (non-hydrogen) atoms. The van der Waals surface area contributed by atoms with E-state index in [0.29, 0.717) is 16.3 Å². The quantitative estimate of drug-likeness (QED) is 0.843. The van der Waals surface area contributed by atoms with Crippen LogP contribution in [0.2, 0.25) is 0 Å². The van der Waals surface area contributed by atoms with Gasteiger partial charge in [-0.1, -0.05) is 0 Å². The number of carbonyl (C=O) groups is 2. The summed E-state index contributed by atoms with van der Waals surface area (Å²) >= 11 is 1.21. The third-order valence-corrected chi connectivity index (χ3v) is 3.95. The van der Waals surface area contributed by atoms with Crippen molar-refractivity contribution in [1.82, 2.24) is 0 Å². The molecular weight excluding hydrogens is 266 g/mol. The van der Waals surface area contributed by atoms with E-state index < -0.39 is 0 Å². The molecule has 1 aliphatic rings. The highest BCUT2D eigenvalue weighted by atomic mass is 32.1. The fourth-order valence-corrected chi connectivity index (χ4v) is 2.82. The maximum Gasteiger partial charge on any atom is 0.348 e. The van der Waals surface area contributed by atoms with Crippen molar-refractivity contribution >= 4 is 28.2 Å². The lowest BCUT2D eigenvalue weighted by Gasteiger charge is -2.08. The number of methoxy groups -OCH3 is 1. The highest BCUT2D eigenvalue weighted by molar-refractivity contribution is 7.18. The van der Waals surface area contributed by atoms with E-state index in [1.807, 2.05) is 0 Å². The number of amides is 1. The lowest BCUT2D eigenvalue weighted by atomic mass is 10.1. The predicted molar refractivity (Wildman–Crippen MR) is 72.5 cm³/mol. The first-order valence-corrected chi connectivity index (χ1v) is 7.10. The number of rotatable bonds is 5. The number of thiophene rings is 1. The minimum atomic E-state index is -0.384. The first-order chi connectivity index (χ1) is 9.19. The molecule has 0 bridgehead atoms. The molecule has 2 rings (SSSR count). The zero-order chi connectivity index (χ0) is 13.7. The summed E-state index contributed by atoms with van der Waals surface area (Å²) in [5.41, 5.74) is 0. The van der Waals surface area contributed by atoms with Gasteiger partial charge < -0.3 is 14.8 Å². The van der Waals surface area contributed by atoms with Gasteiger partial charge in [0.1, 0.15) is 4.88 Å². The summed E-state index contributed by atoms with van der Waals surface area (Å²) < 4.78 is 10.1. The summed E-state index contributed by atoms with van der Waals surface area (Å²) in [5, 5.41) is 3.45. The minimum Gasteiger partial charge on any atom is -0.465 e. The van der Waals surface area contributed by atoms with E-state index >= 15 is 0 Å². The third-order valence-electron chi connectivity index (χ3n) is 2.97. The van der Waals surface area contributed by atoms with Gasteiger partial charge in [-0.25, -0.2) is 4.79 Å². The molecule has 0 aliphatic carbocycles. The Balaban J connectivity index is 1.78. The number of ether oxygens (including phenoxy) is 2. The number of esters is 1. The molecule has 2 heterocycles. The molecule has 1 amide bonds. The molecule has 6 heteroatoms. The Hall–Kier alpha value is -1.40. The van der Waals surface area contributed by atoms with E-state index in [-0.39, 0.29) is 18.0 Å². The first-order valence-electron chi connectivity index (χ1n) is 6.28. The van der Waals surface area contributed by atoms with Crippen molar-refractivity contribution in [1.29, 1.82) is 0 Å². The van der Waals surface area contributed by atoms with Crippen LogP contribution in [0.25, 0.3) is 0 Å². The van der Waals surface area contributed by atoms with Gasteiger partial charge in [-0.3, -0.25) is 4.79 Å². The molecule has 1 N–H and O–H groups in total. The summed E-state index contributed by atoms with van der Waals surface area (Å²) in [6.07, 6.45) is 3.54. The standard InChI is InChI=1S/C13H17NO4S/c1-17-13(16)10-5-7-12(19-10)14-11(15)6-4-9-3-2-8-18-9/h5,7,9H,2-4,6,8H2,1H3,(H,14,15)/t9-/m1/s1. The monoisotopic (exact) mass is 283 g/mol. The summed E-state index contributed by atoms with van der Waals surface area (Å²) in [7, 11) is 1.34. The fraction of sp³-hybridized carbons (Fsp3) is 0.538. The van der Waals surface area contributed by atoms with Gasteiger partial charge in [0.25, 0.3) is 0 Å². The second-order valence-electron chi connectivity index (χ2n) is 4.38. The van der Waals surface area contributed by atoms with Crippen LogP contribution in [-0.4, -0.2) is 31.7 Å². The van der Waals surface area contributed by atoms with E-state index in [4.69, 9.17) is 4.74 Å². The molecule has 0 unspecified atom stereocenters. The summed E-state index contributed by atoms with van der Waals surface area (Å²) in [6.45, 7) is 0.805. The smallest absolute Gasteiger partial charge is 0.348 e. The van der Waals surface area contributed by atoms with Crippen LogP contribution >= 0.6 is 11.3 Å². The van der Waals surface area contributed by atoms with Crippen molar-refractivity contribution in [2.75, 3.05) is 19.0 Å². The van der Waals surface area contributed by atoms with Gasteiger partial charge in [-0.2, -0.15) is 0 Å². The summed E-state index contributed by atoms with van der Waals surface area (Å²) in [5.74, 6) is -0.432. The van der Waals surface area contributed by atoms with Crippen molar-refractivity contribution in [3.05, 3.63) is 17.0 Å². The second-order valence-corrected chi connectivity index (χ2v) is 5.46. The van der Waals surface area contributed by atoms with E-state index in [2.05, 4.69) is 10.1 Å². The molecule has 1 aromatic heterocycles. The Kier molecular flexibility index (Phi) is 4.93. The number of carbonyl (C=O) groups excluding carboxylic acids is 2. The zero-order valence-corrected chi connectivity index (χ0v) is 11.6. The van der Waals surface area contributed by atoms with Gasteiger partial charge >= 0.3 is 5.97 Å². The average molecular weight is 283 g/mol. The van der Waals surface area contributed by atoms with Gasteiger partial charge in [-0.05, 0) is 31.4 Å². The maximum atomic E-state index is 11.7. The second kappa shape index (κ2) is 6.68. The van der Waals surface area contributed by atoms with Gasteiger partial charge in [0.05, 0.1) is 18.2 Å². The topological polar surface area (TPSA) is 64.6 Å². The Morgan fingerprint density at radius 1 is 1.53 bits per heavy atom. The molecule has 0 spiro atoms. The Bertz CT molecular complexity index is 451. The molecule has 5 nitrogen and oxygen atoms in total. The van der Waals surface area contributed by atoms with E-state index in [1.165, 1.54) is 18.4 Å². The number of hydrogen-bond donors (Lipinski definition) is 1. The summed E-state index contributed by atoms with van der Waals surface area (Å²) in [6, 6.07) is 3.35. The molecule has 1 atom stereocenters. The number of nitrogens with one attached hydrogen (secondary N) is 1. The van der Waals surface area contributed by atoms with Crippen LogP contribution in [-0.2, 0) is 14.3 Å². The molecule has 1 fully saturated rings. The highest BCUT2D eigenvalue weighted by Gasteiger charge is 2.17. The Morgan fingerprint density at radius 2 is 2.37 bits per heavy atom. The Morgan fingerprint density at radius 3 is 3.05 bits per heavy atom. The van der Waals surface area contributed by atoms with Crippen molar-refractivity contribution in [2.24, 2.45) is 0 Å². The van der Waals surface area contributed by atoms with E-state index in [1.54, 1.807) is 12.1 Å². The van der Waals surface area contributed by atoms with Crippen LogP contribution in [0.3, 0.4) is 0 Å². The fourth-order valence-electron chi connectivity index (χ4n) is 1.98. The summed E-state index contributed by atoms with van der Waals surface area (Å²) in [4.78, 5) is 23.5. The van der Waals surface area contributed by atoms with Crippen molar-refractivity contribution in [3.8, 4) is 0 Å². The van der Waals surface area contributed by atoms with Crippen molar-refractivity contribution in [2.45, 2.75) is 31.8 Å². The highest BCUT2D eigenvalue weighted by Crippen LogP contribution is 2.23. The molecular formula is C13H17NO4S. The van der Waals surface area contributed by atoms with Crippen LogP contribution in [0.15, 0.2) is 12.1 Å². The predicted octanol–water partition coefficient (Wildman–Crippen LogP) is 2.43. The molecule has 1 aromatic rings. The van der Waals surface area contributed by atoms with Gasteiger partial charge in [-0.15, -0.1) is 11.3 Å². The Labute approximate surface area is 115 Å². The van der Waals surface area contributed by atoms with Crippen LogP contribution in [0, 0.1) is 0 Å². The third kappa shape index (κ3) is 4.04. The van der Waals surface area contributed by atoms with Gasteiger partial charge in [0.2, 0.25) is 5.91 Å². The molecule has 0 saturated carbocycles. The van der Waals surface area contributed by atoms with Gasteiger partial charge in [0.15, 0.2) is 0 Å². The van der Waals surface area contributed by atoms with Gasteiger partial charge in [0, 0.05) is 13.0 Å². The molecule has 1 saturated heterocycles. The number of hydrogen-bond acceptors (Lipinski definition) is 5. The number of anilines is 1. The molecule has 0 radical (unpaired) electrons. The van der Waals surface area contributed by atoms with Crippen molar-refractivity contribution < 1.29 is 19.1 Å². The average Bonchev–Trinajstić information content (AvgIpc) is 3.06. The zero-order valence-electron chi connectivity index (χ0n) is 10.8. The van der Waals surface area contributed by atoms with Crippen LogP contribution < -0.4 is 5.32 Å². The normalized spacial score (nSPS) is 18.3. The SMILES string of the molecule is COC(=O)c1ccc(NC(=O)CC[C@H]2CCCO2)s1. The van der Waals surface area contributed by atoms with E-state index in [0.717, 1.165) is 25.9 Å². The molecule has 0 aromatic carbocycles. The van der Waals surface area contributed by atoms with E-state index in [9.17, 15) is 9.59 Å². The first kappa shape index (κ1) is 14.0. The lowest BCUT2D eigenvalue weighted by Crippen LogP contribution is -2.14. The lowest BCUT2D eigenvalue weighted by molar-refractivity contribution is -0.116.